The number of nitrogens with two attached hydrogens (primary N) is 1. The van der Waals surface area contributed by atoms with Crippen molar-refractivity contribution in [3.05, 3.63) is 65.4 Å². The second-order valence-corrected chi connectivity index (χ2v) is 4.57. The van der Waals surface area contributed by atoms with Crippen LogP contribution in [0, 0.1) is 0 Å². The smallest absolute Gasteiger partial charge is 0.172 e. The minimum Gasteiger partial charge on any atom is -0.504 e. The zero-order valence-corrected chi connectivity index (χ0v) is 11.7. The van der Waals surface area contributed by atoms with Gasteiger partial charge >= 0.3 is 0 Å². The lowest BCUT2D eigenvalue weighted by Crippen LogP contribution is -2.04. The number of hydrogen-bond donors (Lipinski definition) is 2. The summed E-state index contributed by atoms with van der Waals surface area (Å²) in [5.74, 6) is -0.0747. The molecule has 0 spiro atoms. The lowest BCUT2D eigenvalue weighted by atomic mass is 10.0. The van der Waals surface area contributed by atoms with Gasteiger partial charge in [0.05, 0.1) is 5.56 Å². The lowest BCUT2D eigenvalue weighted by Gasteiger charge is -2.14. The van der Waals surface area contributed by atoms with E-state index < -0.39 is 0 Å². The minimum atomic E-state index is -0.193. The predicted molar refractivity (Wildman–Crippen MR) is 82.1 cm³/mol. The van der Waals surface area contributed by atoms with E-state index in [1.165, 1.54) is 19.2 Å². The average Bonchev–Trinajstić information content (AvgIpc) is 2.48. The van der Waals surface area contributed by atoms with Crippen molar-refractivity contribution in [3.8, 4) is 11.5 Å². The van der Waals surface area contributed by atoms with Gasteiger partial charge in [0.15, 0.2) is 17.3 Å². The van der Waals surface area contributed by atoms with Gasteiger partial charge in [-0.25, -0.2) is 0 Å². The standard InChI is InChI=1S/C17H17NO3/c1-12(19)16-14(9-10-18)7-8-15(20)17(16)21-11-13-5-3-2-4-6-13/h2-10,20H,11,18H2,1H3/b10-9+. The maximum absolute atomic E-state index is 11.9. The molecule has 0 aromatic heterocycles. The Morgan fingerprint density at radius 1 is 1.24 bits per heavy atom. The molecule has 0 radical (unpaired) electrons. The Balaban J connectivity index is 2.37. The molecule has 4 heteroatoms. The molecule has 2 rings (SSSR count). The molecule has 0 bridgehead atoms. The molecule has 0 aliphatic rings. The molecule has 0 aliphatic heterocycles. The molecule has 0 unspecified atom stereocenters. The Kier molecular flexibility index (Phi) is 4.61. The van der Waals surface area contributed by atoms with Crippen molar-refractivity contribution in [1.29, 1.82) is 0 Å². The van der Waals surface area contributed by atoms with E-state index in [1.807, 2.05) is 30.3 Å². The second-order valence-electron chi connectivity index (χ2n) is 4.57. The lowest BCUT2D eigenvalue weighted by molar-refractivity contribution is 0.101. The van der Waals surface area contributed by atoms with Crippen LogP contribution in [0.4, 0.5) is 0 Å². The van der Waals surface area contributed by atoms with E-state index in [1.54, 1.807) is 12.1 Å². The number of phenolic OH excluding ortho intramolecular Hbond substituents is 1. The molecule has 0 amide bonds. The zero-order chi connectivity index (χ0) is 15.2. The number of carbonyl (C=O) groups is 1. The maximum Gasteiger partial charge on any atom is 0.172 e. The van der Waals surface area contributed by atoms with Gasteiger partial charge in [-0.15, -0.1) is 0 Å². The molecule has 0 saturated carbocycles. The van der Waals surface area contributed by atoms with Gasteiger partial charge < -0.3 is 15.6 Å². The first-order valence-corrected chi connectivity index (χ1v) is 6.55. The quantitative estimate of drug-likeness (QED) is 0.827. The van der Waals surface area contributed by atoms with Crippen molar-refractivity contribution in [2.24, 2.45) is 5.73 Å². The maximum atomic E-state index is 11.9. The Morgan fingerprint density at radius 2 is 1.95 bits per heavy atom. The molecule has 0 aliphatic carbocycles. The molecular weight excluding hydrogens is 266 g/mol. The molecule has 2 aromatic rings. The molecule has 3 N–H and O–H groups in total. The monoisotopic (exact) mass is 283 g/mol. The van der Waals surface area contributed by atoms with E-state index in [2.05, 4.69) is 0 Å². The van der Waals surface area contributed by atoms with E-state index in [4.69, 9.17) is 10.5 Å². The van der Waals surface area contributed by atoms with Gasteiger partial charge in [0.2, 0.25) is 0 Å². The summed E-state index contributed by atoms with van der Waals surface area (Å²) in [5.41, 5.74) is 7.28. The van der Waals surface area contributed by atoms with Gasteiger partial charge in [0.25, 0.3) is 0 Å². The van der Waals surface area contributed by atoms with Gasteiger partial charge in [-0.1, -0.05) is 36.4 Å². The largest absolute Gasteiger partial charge is 0.504 e. The second kappa shape index (κ2) is 6.61. The van der Waals surface area contributed by atoms with E-state index >= 15 is 0 Å². The number of Topliss-reactive ketones (excluding diaryl/α,β-unsaturated/α-hetero) is 1. The zero-order valence-electron chi connectivity index (χ0n) is 11.7. The number of aromatic hydroxyl groups is 1. The summed E-state index contributed by atoms with van der Waals surface area (Å²) >= 11 is 0. The van der Waals surface area contributed by atoms with E-state index in [-0.39, 0.29) is 23.9 Å². The molecule has 0 heterocycles. The molecule has 4 nitrogen and oxygen atoms in total. The third-order valence-electron chi connectivity index (χ3n) is 3.02. The summed E-state index contributed by atoms with van der Waals surface area (Å²) in [6, 6.07) is 12.7. The van der Waals surface area contributed by atoms with E-state index in [9.17, 15) is 9.90 Å². The topological polar surface area (TPSA) is 72.6 Å². The van der Waals surface area contributed by atoms with Crippen molar-refractivity contribution in [2.45, 2.75) is 13.5 Å². The molecule has 0 saturated heterocycles. The van der Waals surface area contributed by atoms with Gasteiger partial charge in [0.1, 0.15) is 6.61 Å². The molecular formula is C17H17NO3. The number of ether oxygens (including phenoxy) is 1. The predicted octanol–water partition coefficient (Wildman–Crippen LogP) is 3.10. The number of hydrogen-bond acceptors (Lipinski definition) is 4. The van der Waals surface area contributed by atoms with Gasteiger partial charge in [-0.2, -0.15) is 0 Å². The van der Waals surface area contributed by atoms with Crippen LogP contribution in [0.15, 0.2) is 48.7 Å². The first-order valence-electron chi connectivity index (χ1n) is 6.55. The van der Waals surface area contributed by atoms with Crippen LogP contribution in [0.2, 0.25) is 0 Å². The van der Waals surface area contributed by atoms with Crippen molar-refractivity contribution < 1.29 is 14.6 Å². The summed E-state index contributed by atoms with van der Waals surface area (Å²) in [5, 5.41) is 9.98. The summed E-state index contributed by atoms with van der Waals surface area (Å²) in [6.07, 6.45) is 2.95. The number of rotatable bonds is 5. The third-order valence-corrected chi connectivity index (χ3v) is 3.02. The van der Waals surface area contributed by atoms with Crippen LogP contribution in [-0.2, 0) is 6.61 Å². The summed E-state index contributed by atoms with van der Waals surface area (Å²) in [4.78, 5) is 11.9. The number of ketones is 1. The number of phenols is 1. The third kappa shape index (κ3) is 3.42. The van der Waals surface area contributed by atoms with Crippen LogP contribution < -0.4 is 10.5 Å². The van der Waals surface area contributed by atoms with Gasteiger partial charge in [-0.05, 0) is 36.4 Å². The first-order chi connectivity index (χ1) is 10.1. The molecule has 2 aromatic carbocycles. The van der Waals surface area contributed by atoms with E-state index in [0.29, 0.717) is 11.1 Å². The highest BCUT2D eigenvalue weighted by Crippen LogP contribution is 2.34. The van der Waals surface area contributed by atoms with Crippen LogP contribution >= 0.6 is 0 Å². The van der Waals surface area contributed by atoms with Gasteiger partial charge in [-0.3, -0.25) is 4.79 Å². The van der Waals surface area contributed by atoms with Crippen molar-refractivity contribution in [1.82, 2.24) is 0 Å². The minimum absolute atomic E-state index is 0.0645. The summed E-state index contributed by atoms with van der Waals surface area (Å²) < 4.78 is 5.66. The van der Waals surface area contributed by atoms with Crippen LogP contribution in [-0.4, -0.2) is 10.9 Å². The molecule has 108 valence electrons. The highest BCUT2D eigenvalue weighted by molar-refractivity contribution is 6.01. The summed E-state index contributed by atoms with van der Waals surface area (Å²) in [7, 11) is 0. The van der Waals surface area contributed by atoms with Gasteiger partial charge in [0, 0.05) is 0 Å². The summed E-state index contributed by atoms with van der Waals surface area (Å²) in [6.45, 7) is 1.70. The van der Waals surface area contributed by atoms with Crippen LogP contribution in [0.3, 0.4) is 0 Å². The van der Waals surface area contributed by atoms with Crippen LogP contribution in [0.5, 0.6) is 11.5 Å². The van der Waals surface area contributed by atoms with Crippen molar-refractivity contribution >= 4 is 11.9 Å². The highest BCUT2D eigenvalue weighted by atomic mass is 16.5. The van der Waals surface area contributed by atoms with Crippen molar-refractivity contribution in [3.63, 3.8) is 0 Å². The fourth-order valence-corrected chi connectivity index (χ4v) is 2.07. The Labute approximate surface area is 123 Å². The Bertz CT molecular complexity index is 663. The van der Waals surface area contributed by atoms with Crippen molar-refractivity contribution in [2.75, 3.05) is 0 Å². The highest BCUT2D eigenvalue weighted by Gasteiger charge is 2.17. The molecule has 21 heavy (non-hydrogen) atoms. The fourth-order valence-electron chi connectivity index (χ4n) is 2.07. The number of benzene rings is 2. The molecule has 0 fully saturated rings. The first kappa shape index (κ1) is 14.7. The number of carbonyl (C=O) groups excluding carboxylic acids is 1. The van der Waals surface area contributed by atoms with Crippen LogP contribution in [0.25, 0.3) is 6.08 Å². The normalized spacial score (nSPS) is 10.7. The van der Waals surface area contributed by atoms with Crippen LogP contribution in [0.1, 0.15) is 28.4 Å². The Hall–Kier alpha value is -2.75. The average molecular weight is 283 g/mol. The molecule has 0 atom stereocenters. The fraction of sp³-hybridized carbons (Fsp3) is 0.118. The Morgan fingerprint density at radius 3 is 2.57 bits per heavy atom. The SMILES string of the molecule is CC(=O)c1c(/C=C/N)ccc(O)c1OCc1ccccc1. The van der Waals surface area contributed by atoms with E-state index in [0.717, 1.165) is 5.56 Å².